The average Bonchev–Trinajstić information content (AvgIpc) is 2.54. The molecule has 0 spiro atoms. The number of nitrogens with zero attached hydrogens (tertiary/aromatic N) is 2. The molecular weight excluding hydrogens is 184 g/mol. The topological polar surface area (TPSA) is 25.2 Å². The zero-order valence-electron chi connectivity index (χ0n) is 8.22. The third-order valence-electron chi connectivity index (χ3n) is 2.60. The monoisotopic (exact) mass is 194 g/mol. The molecule has 0 N–H and O–H groups in total. The highest BCUT2D eigenvalue weighted by molar-refractivity contribution is 5.93. The minimum Gasteiger partial charge on any atom is -0.254 e. The van der Waals surface area contributed by atoms with E-state index in [2.05, 4.69) is 34.3 Å². The van der Waals surface area contributed by atoms with Crippen LogP contribution in [0.25, 0.3) is 10.9 Å². The van der Waals surface area contributed by atoms with Gasteiger partial charge in [-0.05, 0) is 24.1 Å². The van der Waals surface area contributed by atoms with Crippen LogP contribution in [0.4, 0.5) is 5.69 Å². The Balaban J connectivity index is 2.38. The van der Waals surface area contributed by atoms with Crippen LogP contribution >= 0.6 is 0 Å². The van der Waals surface area contributed by atoms with Gasteiger partial charge in [0.2, 0.25) is 0 Å². The van der Waals surface area contributed by atoms with Gasteiger partial charge in [0.15, 0.2) is 0 Å². The Labute approximate surface area is 88.0 Å². The summed E-state index contributed by atoms with van der Waals surface area (Å²) in [5, 5.41) is 1.15. The lowest BCUT2D eigenvalue weighted by Gasteiger charge is -2.05. The van der Waals surface area contributed by atoms with E-state index in [1.165, 1.54) is 5.56 Å². The number of hydrogen-bond acceptors (Lipinski definition) is 2. The Kier molecular flexibility index (Phi) is 1.85. The maximum absolute atomic E-state index is 4.44. The molecular formula is C13H10N2. The van der Waals surface area contributed by atoms with Gasteiger partial charge < -0.3 is 0 Å². The molecule has 2 nitrogen and oxygen atoms in total. The standard InChI is InChI=1S/C13H10N2/c1-2-8-14-12-10(4-1)6-7-11-5-3-9-15-13(11)12/h1-3,5-9H,4H2. The second-order valence-corrected chi connectivity index (χ2v) is 3.56. The van der Waals surface area contributed by atoms with Gasteiger partial charge in [0, 0.05) is 17.8 Å². The quantitative estimate of drug-likeness (QED) is 0.632. The Bertz CT molecular complexity index is 568. The van der Waals surface area contributed by atoms with Crippen molar-refractivity contribution in [2.24, 2.45) is 4.99 Å². The number of fused-ring (bicyclic) bond motifs is 3. The van der Waals surface area contributed by atoms with Crippen LogP contribution in [0.1, 0.15) is 5.56 Å². The van der Waals surface area contributed by atoms with Crippen molar-refractivity contribution < 1.29 is 0 Å². The third-order valence-corrected chi connectivity index (χ3v) is 2.60. The van der Waals surface area contributed by atoms with Crippen molar-refractivity contribution in [3.8, 4) is 0 Å². The Morgan fingerprint density at radius 1 is 1.13 bits per heavy atom. The predicted molar refractivity (Wildman–Crippen MR) is 62.7 cm³/mol. The summed E-state index contributed by atoms with van der Waals surface area (Å²) in [6, 6.07) is 8.26. The molecule has 2 heteroatoms. The summed E-state index contributed by atoms with van der Waals surface area (Å²) in [5.41, 5.74) is 3.25. The zero-order valence-corrected chi connectivity index (χ0v) is 8.22. The summed E-state index contributed by atoms with van der Waals surface area (Å²) in [6.07, 6.45) is 8.68. The fraction of sp³-hybridized carbons (Fsp3) is 0.0769. The highest BCUT2D eigenvalue weighted by atomic mass is 14.8. The molecule has 0 unspecified atom stereocenters. The number of rotatable bonds is 0. The van der Waals surface area contributed by atoms with E-state index in [4.69, 9.17) is 0 Å². The van der Waals surface area contributed by atoms with E-state index < -0.39 is 0 Å². The van der Waals surface area contributed by atoms with Crippen molar-refractivity contribution >= 4 is 22.8 Å². The van der Waals surface area contributed by atoms with E-state index in [1.807, 2.05) is 24.6 Å². The largest absolute Gasteiger partial charge is 0.254 e. The number of pyridine rings is 1. The lowest BCUT2D eigenvalue weighted by Crippen LogP contribution is -1.85. The predicted octanol–water partition coefficient (Wildman–Crippen LogP) is 3.05. The second kappa shape index (κ2) is 3.31. The molecule has 72 valence electrons. The maximum Gasteiger partial charge on any atom is 0.0961 e. The van der Waals surface area contributed by atoms with Crippen LogP contribution in [0.2, 0.25) is 0 Å². The van der Waals surface area contributed by atoms with Crippen molar-refractivity contribution in [1.82, 2.24) is 4.98 Å². The molecule has 0 fully saturated rings. The van der Waals surface area contributed by atoms with Crippen LogP contribution < -0.4 is 0 Å². The van der Waals surface area contributed by atoms with Gasteiger partial charge in [0.05, 0.1) is 11.2 Å². The highest BCUT2D eigenvalue weighted by Gasteiger charge is 2.07. The zero-order chi connectivity index (χ0) is 10.1. The molecule has 0 amide bonds. The first kappa shape index (κ1) is 8.36. The fourth-order valence-corrected chi connectivity index (χ4v) is 1.85. The number of allylic oxidation sites excluding steroid dienone is 2. The Morgan fingerprint density at radius 3 is 3.13 bits per heavy atom. The highest BCUT2D eigenvalue weighted by Crippen LogP contribution is 2.29. The molecule has 2 heterocycles. The molecule has 2 aromatic rings. The molecule has 1 aromatic carbocycles. The molecule has 1 aromatic heterocycles. The smallest absolute Gasteiger partial charge is 0.0961 e. The number of aromatic nitrogens is 1. The van der Waals surface area contributed by atoms with Crippen LogP contribution in [0.3, 0.4) is 0 Å². The number of aliphatic imine (C=N–C) groups is 1. The van der Waals surface area contributed by atoms with E-state index in [0.29, 0.717) is 0 Å². The molecule has 0 saturated heterocycles. The summed E-state index contributed by atoms with van der Waals surface area (Å²) in [6.45, 7) is 0. The van der Waals surface area contributed by atoms with Gasteiger partial charge in [-0.3, -0.25) is 9.98 Å². The molecule has 0 radical (unpaired) electrons. The summed E-state index contributed by atoms with van der Waals surface area (Å²) < 4.78 is 0. The van der Waals surface area contributed by atoms with E-state index in [-0.39, 0.29) is 0 Å². The van der Waals surface area contributed by atoms with Crippen LogP contribution in [0.5, 0.6) is 0 Å². The lowest BCUT2D eigenvalue weighted by atomic mass is 10.1. The van der Waals surface area contributed by atoms with E-state index in [1.54, 1.807) is 0 Å². The van der Waals surface area contributed by atoms with Crippen molar-refractivity contribution in [2.75, 3.05) is 0 Å². The summed E-state index contributed by atoms with van der Waals surface area (Å²) >= 11 is 0. The van der Waals surface area contributed by atoms with Crippen molar-refractivity contribution in [2.45, 2.75) is 6.42 Å². The first-order valence-corrected chi connectivity index (χ1v) is 5.01. The van der Waals surface area contributed by atoms with E-state index >= 15 is 0 Å². The van der Waals surface area contributed by atoms with Crippen LogP contribution in [-0.4, -0.2) is 11.2 Å². The number of hydrogen-bond donors (Lipinski definition) is 0. The first-order valence-electron chi connectivity index (χ1n) is 5.01. The first-order chi connectivity index (χ1) is 7.45. The second-order valence-electron chi connectivity index (χ2n) is 3.56. The molecule has 1 aliphatic heterocycles. The summed E-state index contributed by atoms with van der Waals surface area (Å²) in [4.78, 5) is 8.84. The molecule has 0 bridgehead atoms. The minimum atomic E-state index is 0.932. The van der Waals surface area contributed by atoms with Crippen LogP contribution in [-0.2, 0) is 6.42 Å². The van der Waals surface area contributed by atoms with Crippen molar-refractivity contribution in [3.63, 3.8) is 0 Å². The van der Waals surface area contributed by atoms with E-state index in [0.717, 1.165) is 23.0 Å². The summed E-state index contributed by atoms with van der Waals surface area (Å²) in [5.74, 6) is 0. The van der Waals surface area contributed by atoms with Gasteiger partial charge in [0.1, 0.15) is 0 Å². The minimum absolute atomic E-state index is 0.932. The van der Waals surface area contributed by atoms with Crippen molar-refractivity contribution in [3.05, 3.63) is 48.2 Å². The van der Waals surface area contributed by atoms with Gasteiger partial charge in [-0.2, -0.15) is 0 Å². The summed E-state index contributed by atoms with van der Waals surface area (Å²) in [7, 11) is 0. The van der Waals surface area contributed by atoms with Gasteiger partial charge in [0.25, 0.3) is 0 Å². The van der Waals surface area contributed by atoms with Gasteiger partial charge in [-0.1, -0.05) is 24.3 Å². The average molecular weight is 194 g/mol. The maximum atomic E-state index is 4.44. The van der Waals surface area contributed by atoms with Gasteiger partial charge in [-0.25, -0.2) is 0 Å². The van der Waals surface area contributed by atoms with Gasteiger partial charge >= 0.3 is 0 Å². The molecule has 0 aliphatic carbocycles. The van der Waals surface area contributed by atoms with Crippen molar-refractivity contribution in [1.29, 1.82) is 0 Å². The third kappa shape index (κ3) is 1.34. The van der Waals surface area contributed by atoms with Crippen LogP contribution in [0, 0.1) is 0 Å². The fourth-order valence-electron chi connectivity index (χ4n) is 1.85. The normalized spacial score (nSPS) is 13.9. The Morgan fingerprint density at radius 2 is 2.13 bits per heavy atom. The number of benzene rings is 1. The lowest BCUT2D eigenvalue weighted by molar-refractivity contribution is 1.26. The molecule has 3 rings (SSSR count). The molecule has 1 aliphatic rings. The van der Waals surface area contributed by atoms with Crippen LogP contribution in [0.15, 0.2) is 47.6 Å². The molecule has 15 heavy (non-hydrogen) atoms. The van der Waals surface area contributed by atoms with Gasteiger partial charge in [-0.15, -0.1) is 0 Å². The SMILES string of the molecule is C1=CCc2ccc3cccnc3c2N=C1. The Hall–Kier alpha value is -1.96. The molecule has 0 atom stereocenters. The van der Waals surface area contributed by atoms with E-state index in [9.17, 15) is 0 Å². The molecule has 0 saturated carbocycles.